The number of aryl methyl sites for hydroxylation is 1. The van der Waals surface area contributed by atoms with Gasteiger partial charge >= 0.3 is 0 Å². The molecule has 0 radical (unpaired) electrons. The zero-order valence-electron chi connectivity index (χ0n) is 13.8. The topological polar surface area (TPSA) is 74.2 Å². The van der Waals surface area contributed by atoms with Crippen molar-refractivity contribution in [1.29, 1.82) is 0 Å². The van der Waals surface area contributed by atoms with Gasteiger partial charge < -0.3 is 14.6 Å². The molecule has 25 heavy (non-hydrogen) atoms. The number of furan rings is 1. The highest BCUT2D eigenvalue weighted by atomic mass is 16.3. The number of aromatic nitrogens is 2. The predicted octanol–water partition coefficient (Wildman–Crippen LogP) is 3.71. The lowest BCUT2D eigenvalue weighted by Crippen LogP contribution is -2.44. The van der Waals surface area contributed by atoms with Crippen molar-refractivity contribution in [2.24, 2.45) is 0 Å². The molecule has 1 aromatic carbocycles. The number of anilines is 1. The SMILES string of the molecule is Cc1ccc(-c2[nH]ncc2[C@@H]2Nc3ccccc3C(=O)N2C2CC2)o1. The Kier molecular flexibility index (Phi) is 3.00. The molecule has 1 aliphatic heterocycles. The number of carbonyl (C=O) groups excluding carboxylic acids is 1. The van der Waals surface area contributed by atoms with Crippen LogP contribution in [-0.2, 0) is 0 Å². The van der Waals surface area contributed by atoms with E-state index in [-0.39, 0.29) is 18.1 Å². The van der Waals surface area contributed by atoms with Gasteiger partial charge in [0.15, 0.2) is 5.76 Å². The number of carbonyl (C=O) groups is 1. The van der Waals surface area contributed by atoms with Crippen LogP contribution in [0.1, 0.15) is 40.7 Å². The summed E-state index contributed by atoms with van der Waals surface area (Å²) in [5.41, 5.74) is 3.31. The molecule has 3 aromatic rings. The second-order valence-corrected chi connectivity index (χ2v) is 6.65. The number of H-pyrrole nitrogens is 1. The molecule has 0 unspecified atom stereocenters. The van der Waals surface area contributed by atoms with E-state index in [9.17, 15) is 4.79 Å². The van der Waals surface area contributed by atoms with Gasteiger partial charge in [-0.1, -0.05) is 12.1 Å². The summed E-state index contributed by atoms with van der Waals surface area (Å²) in [7, 11) is 0. The number of nitrogens with one attached hydrogen (secondary N) is 2. The second kappa shape index (κ2) is 5.24. The molecule has 2 N–H and O–H groups in total. The van der Waals surface area contributed by atoms with Crippen molar-refractivity contribution in [1.82, 2.24) is 15.1 Å². The fourth-order valence-corrected chi connectivity index (χ4v) is 3.49. The molecule has 1 atom stereocenters. The van der Waals surface area contributed by atoms with Gasteiger partial charge in [-0.25, -0.2) is 0 Å². The lowest BCUT2D eigenvalue weighted by Gasteiger charge is -2.38. The minimum absolute atomic E-state index is 0.0737. The van der Waals surface area contributed by atoms with E-state index in [0.717, 1.165) is 46.9 Å². The average Bonchev–Trinajstić information content (AvgIpc) is 3.16. The summed E-state index contributed by atoms with van der Waals surface area (Å²) in [6.45, 7) is 1.91. The van der Waals surface area contributed by atoms with Crippen molar-refractivity contribution in [3.05, 3.63) is 59.5 Å². The summed E-state index contributed by atoms with van der Waals surface area (Å²) in [6.07, 6.45) is 3.61. The van der Waals surface area contributed by atoms with E-state index >= 15 is 0 Å². The Balaban J connectivity index is 1.62. The van der Waals surface area contributed by atoms with Crippen LogP contribution in [0.3, 0.4) is 0 Å². The number of amides is 1. The molecule has 1 saturated carbocycles. The van der Waals surface area contributed by atoms with Gasteiger partial charge in [0, 0.05) is 17.3 Å². The largest absolute Gasteiger partial charge is 0.460 e. The van der Waals surface area contributed by atoms with Crippen molar-refractivity contribution in [3.63, 3.8) is 0 Å². The predicted molar refractivity (Wildman–Crippen MR) is 93.0 cm³/mol. The normalized spacial score (nSPS) is 19.6. The Labute approximate surface area is 144 Å². The monoisotopic (exact) mass is 334 g/mol. The summed E-state index contributed by atoms with van der Waals surface area (Å²) in [5, 5.41) is 10.8. The number of benzene rings is 1. The van der Waals surface area contributed by atoms with Crippen LogP contribution in [-0.4, -0.2) is 27.0 Å². The van der Waals surface area contributed by atoms with E-state index in [2.05, 4.69) is 15.5 Å². The Morgan fingerprint density at radius 2 is 2.04 bits per heavy atom. The van der Waals surface area contributed by atoms with Crippen LogP contribution in [0, 0.1) is 6.92 Å². The Bertz CT molecular complexity index is 954. The molecule has 1 fully saturated rings. The molecule has 0 bridgehead atoms. The number of nitrogens with zero attached hydrogens (tertiary/aromatic N) is 2. The first-order chi connectivity index (χ1) is 12.2. The minimum atomic E-state index is -0.256. The summed E-state index contributed by atoms with van der Waals surface area (Å²) >= 11 is 0. The molecule has 1 amide bonds. The fraction of sp³-hybridized carbons (Fsp3) is 0.263. The first-order valence-electron chi connectivity index (χ1n) is 8.50. The summed E-state index contributed by atoms with van der Waals surface area (Å²) in [4.78, 5) is 15.0. The van der Waals surface area contributed by atoms with Gasteiger partial charge in [0.05, 0.1) is 11.8 Å². The minimum Gasteiger partial charge on any atom is -0.460 e. The van der Waals surface area contributed by atoms with Crippen LogP contribution in [0.5, 0.6) is 0 Å². The van der Waals surface area contributed by atoms with Gasteiger partial charge in [-0.15, -0.1) is 0 Å². The smallest absolute Gasteiger partial charge is 0.258 e. The highest BCUT2D eigenvalue weighted by Gasteiger charge is 2.43. The van der Waals surface area contributed by atoms with Crippen molar-refractivity contribution in [2.75, 3.05) is 5.32 Å². The number of aromatic amines is 1. The van der Waals surface area contributed by atoms with Gasteiger partial charge in [-0.05, 0) is 44.0 Å². The van der Waals surface area contributed by atoms with Crippen LogP contribution in [0.15, 0.2) is 47.0 Å². The lowest BCUT2D eigenvalue weighted by molar-refractivity contribution is 0.0667. The quantitative estimate of drug-likeness (QED) is 0.766. The van der Waals surface area contributed by atoms with Crippen molar-refractivity contribution in [3.8, 4) is 11.5 Å². The van der Waals surface area contributed by atoms with Crippen LogP contribution in [0.2, 0.25) is 0 Å². The third kappa shape index (κ3) is 2.25. The maximum Gasteiger partial charge on any atom is 0.258 e. The summed E-state index contributed by atoms with van der Waals surface area (Å²) < 4.78 is 5.76. The molecular formula is C19H18N4O2. The summed E-state index contributed by atoms with van der Waals surface area (Å²) in [5.74, 6) is 1.64. The lowest BCUT2D eigenvalue weighted by atomic mass is 10.0. The molecule has 0 saturated heterocycles. The molecule has 6 heteroatoms. The third-order valence-electron chi connectivity index (χ3n) is 4.85. The number of rotatable bonds is 3. The Morgan fingerprint density at radius 3 is 2.80 bits per heavy atom. The van der Waals surface area contributed by atoms with Crippen LogP contribution in [0.25, 0.3) is 11.5 Å². The van der Waals surface area contributed by atoms with Gasteiger partial charge in [0.2, 0.25) is 0 Å². The second-order valence-electron chi connectivity index (χ2n) is 6.65. The van der Waals surface area contributed by atoms with Crippen LogP contribution >= 0.6 is 0 Å². The van der Waals surface area contributed by atoms with Crippen molar-refractivity contribution < 1.29 is 9.21 Å². The standard InChI is InChI=1S/C19H18N4O2/c1-11-6-9-16(25-11)17-14(10-20-22-17)18-21-15-5-3-2-4-13(15)19(24)23(18)12-7-8-12/h2-6,9-10,12,18,21H,7-8H2,1H3,(H,20,22)/t18-/m1/s1. The van der Waals surface area contributed by atoms with E-state index in [4.69, 9.17) is 4.42 Å². The summed E-state index contributed by atoms with van der Waals surface area (Å²) in [6, 6.07) is 11.8. The van der Waals surface area contributed by atoms with Gasteiger partial charge in [-0.2, -0.15) is 5.10 Å². The molecule has 126 valence electrons. The van der Waals surface area contributed by atoms with Crippen molar-refractivity contribution in [2.45, 2.75) is 32.0 Å². The van der Waals surface area contributed by atoms with Gasteiger partial charge in [0.1, 0.15) is 17.6 Å². The highest BCUT2D eigenvalue weighted by Crippen LogP contribution is 2.42. The molecule has 3 heterocycles. The van der Waals surface area contributed by atoms with E-state index < -0.39 is 0 Å². The van der Waals surface area contributed by atoms with Gasteiger partial charge in [-0.3, -0.25) is 9.89 Å². The number of para-hydroxylation sites is 1. The van der Waals surface area contributed by atoms with Crippen LogP contribution < -0.4 is 5.32 Å². The van der Waals surface area contributed by atoms with E-state index in [1.165, 1.54) is 0 Å². The Hall–Kier alpha value is -3.02. The maximum absolute atomic E-state index is 13.1. The molecular weight excluding hydrogens is 316 g/mol. The molecule has 0 spiro atoms. The third-order valence-corrected chi connectivity index (χ3v) is 4.85. The average molecular weight is 334 g/mol. The van der Waals surface area contributed by atoms with E-state index in [0.29, 0.717) is 0 Å². The zero-order chi connectivity index (χ0) is 17.0. The van der Waals surface area contributed by atoms with Crippen LogP contribution in [0.4, 0.5) is 5.69 Å². The molecule has 2 aliphatic rings. The highest BCUT2D eigenvalue weighted by molar-refractivity contribution is 6.02. The maximum atomic E-state index is 13.1. The first-order valence-corrected chi connectivity index (χ1v) is 8.50. The van der Waals surface area contributed by atoms with E-state index in [1.807, 2.05) is 48.2 Å². The fourth-order valence-electron chi connectivity index (χ4n) is 3.49. The molecule has 2 aromatic heterocycles. The molecule has 5 rings (SSSR count). The number of fused-ring (bicyclic) bond motifs is 1. The van der Waals surface area contributed by atoms with Crippen molar-refractivity contribution >= 4 is 11.6 Å². The number of hydrogen-bond donors (Lipinski definition) is 2. The Morgan fingerprint density at radius 1 is 1.20 bits per heavy atom. The van der Waals surface area contributed by atoms with Gasteiger partial charge in [0.25, 0.3) is 5.91 Å². The first kappa shape index (κ1) is 14.3. The zero-order valence-corrected chi connectivity index (χ0v) is 13.8. The number of hydrogen-bond acceptors (Lipinski definition) is 4. The van der Waals surface area contributed by atoms with E-state index in [1.54, 1.807) is 6.20 Å². The molecule has 1 aliphatic carbocycles. The molecule has 6 nitrogen and oxygen atoms in total.